The lowest BCUT2D eigenvalue weighted by Crippen LogP contribution is -2.33. The molecular formula is C14H21N3O. The molecule has 0 unspecified atom stereocenters. The lowest BCUT2D eigenvalue weighted by molar-refractivity contribution is -0.121. The smallest absolute Gasteiger partial charge is 0.220 e. The number of nitrogens with zero attached hydrogens (tertiary/aromatic N) is 1. The van der Waals surface area contributed by atoms with Crippen molar-refractivity contribution in [1.82, 2.24) is 10.3 Å². The highest BCUT2D eigenvalue weighted by molar-refractivity contribution is 5.75. The van der Waals surface area contributed by atoms with E-state index in [-0.39, 0.29) is 11.3 Å². The normalized spacial score (nSPS) is 16.3. The Bertz CT molecular complexity index is 387. The molecule has 1 amide bonds. The minimum atomic E-state index is 0.138. The van der Waals surface area contributed by atoms with Gasteiger partial charge in [-0.2, -0.15) is 0 Å². The van der Waals surface area contributed by atoms with Gasteiger partial charge in [0.25, 0.3) is 0 Å². The highest BCUT2D eigenvalue weighted by Crippen LogP contribution is 2.43. The zero-order valence-electron chi connectivity index (χ0n) is 10.7. The molecule has 0 spiro atoms. The average molecular weight is 247 g/mol. The van der Waals surface area contributed by atoms with Crippen LogP contribution in [0.1, 0.15) is 31.2 Å². The number of aromatic nitrogens is 1. The minimum Gasteiger partial charge on any atom is -0.355 e. The Hall–Kier alpha value is -1.42. The van der Waals surface area contributed by atoms with Gasteiger partial charge in [-0.3, -0.25) is 9.78 Å². The molecule has 4 nitrogen and oxygen atoms in total. The summed E-state index contributed by atoms with van der Waals surface area (Å²) in [4.78, 5) is 15.7. The lowest BCUT2D eigenvalue weighted by atomic mass is 10.1. The molecule has 0 radical (unpaired) electrons. The molecule has 98 valence electrons. The maximum Gasteiger partial charge on any atom is 0.220 e. The molecule has 4 heteroatoms. The zero-order chi connectivity index (χ0) is 12.8. The van der Waals surface area contributed by atoms with E-state index in [4.69, 9.17) is 5.73 Å². The van der Waals surface area contributed by atoms with Gasteiger partial charge in [0.15, 0.2) is 0 Å². The fourth-order valence-electron chi connectivity index (χ4n) is 2.00. The van der Waals surface area contributed by atoms with Gasteiger partial charge in [-0.15, -0.1) is 0 Å². The fourth-order valence-corrected chi connectivity index (χ4v) is 2.00. The van der Waals surface area contributed by atoms with Crippen LogP contribution in [0.4, 0.5) is 0 Å². The van der Waals surface area contributed by atoms with Gasteiger partial charge >= 0.3 is 0 Å². The summed E-state index contributed by atoms with van der Waals surface area (Å²) in [5, 5.41) is 2.99. The number of hydrogen-bond acceptors (Lipinski definition) is 3. The molecule has 1 heterocycles. The van der Waals surface area contributed by atoms with E-state index < -0.39 is 0 Å². The molecule has 0 atom stereocenters. The zero-order valence-corrected chi connectivity index (χ0v) is 10.7. The average Bonchev–Trinajstić information content (AvgIpc) is 3.18. The van der Waals surface area contributed by atoms with Crippen LogP contribution < -0.4 is 11.1 Å². The van der Waals surface area contributed by atoms with Gasteiger partial charge in [0, 0.05) is 25.4 Å². The van der Waals surface area contributed by atoms with E-state index >= 15 is 0 Å². The third-order valence-corrected chi connectivity index (χ3v) is 3.64. The molecule has 2 rings (SSSR count). The second kappa shape index (κ2) is 5.96. The van der Waals surface area contributed by atoms with Gasteiger partial charge in [-0.05, 0) is 49.3 Å². The maximum atomic E-state index is 11.7. The first-order chi connectivity index (χ1) is 8.74. The van der Waals surface area contributed by atoms with Crippen LogP contribution in [-0.4, -0.2) is 24.0 Å². The van der Waals surface area contributed by atoms with Crippen LogP contribution in [-0.2, 0) is 11.2 Å². The topological polar surface area (TPSA) is 68.0 Å². The predicted molar refractivity (Wildman–Crippen MR) is 70.9 cm³/mol. The molecule has 1 aliphatic rings. The van der Waals surface area contributed by atoms with Crippen LogP contribution in [0, 0.1) is 5.41 Å². The molecule has 18 heavy (non-hydrogen) atoms. The predicted octanol–water partition coefficient (Wildman–Crippen LogP) is 1.26. The highest BCUT2D eigenvalue weighted by Gasteiger charge is 2.41. The van der Waals surface area contributed by atoms with Crippen LogP contribution in [0.15, 0.2) is 24.5 Å². The van der Waals surface area contributed by atoms with Gasteiger partial charge in [-0.25, -0.2) is 0 Å². The molecule has 3 N–H and O–H groups in total. The molecule has 1 saturated carbocycles. The SMILES string of the molecule is NCC1(CNC(=O)CCCc2cccnc2)CC1. The highest BCUT2D eigenvalue weighted by atomic mass is 16.1. The summed E-state index contributed by atoms with van der Waals surface area (Å²) < 4.78 is 0. The Morgan fingerprint density at radius 3 is 2.94 bits per heavy atom. The third-order valence-electron chi connectivity index (χ3n) is 3.64. The van der Waals surface area contributed by atoms with E-state index in [0.29, 0.717) is 13.0 Å². The summed E-state index contributed by atoms with van der Waals surface area (Å²) in [5.74, 6) is 0.138. The molecule has 0 saturated heterocycles. The van der Waals surface area contributed by atoms with Crippen molar-refractivity contribution in [3.8, 4) is 0 Å². The second-order valence-electron chi connectivity index (χ2n) is 5.20. The van der Waals surface area contributed by atoms with Gasteiger partial charge in [0.05, 0.1) is 0 Å². The van der Waals surface area contributed by atoms with E-state index in [1.54, 1.807) is 6.20 Å². The Kier molecular flexibility index (Phi) is 4.31. The standard InChI is InChI=1S/C14H21N3O/c15-10-14(6-7-14)11-17-13(18)5-1-3-12-4-2-8-16-9-12/h2,4,8-9H,1,3,5-7,10-11,15H2,(H,17,18). The monoisotopic (exact) mass is 247 g/mol. The van der Waals surface area contributed by atoms with Gasteiger partial charge in [0.1, 0.15) is 0 Å². The second-order valence-corrected chi connectivity index (χ2v) is 5.20. The molecule has 1 aromatic heterocycles. The first kappa shape index (κ1) is 13.0. The first-order valence-corrected chi connectivity index (χ1v) is 6.60. The number of amides is 1. The molecule has 0 aromatic carbocycles. The summed E-state index contributed by atoms with van der Waals surface area (Å²) in [6.45, 7) is 1.43. The van der Waals surface area contributed by atoms with Crippen molar-refractivity contribution in [3.63, 3.8) is 0 Å². The largest absolute Gasteiger partial charge is 0.355 e. The lowest BCUT2D eigenvalue weighted by Gasteiger charge is -2.13. The Balaban J connectivity index is 1.60. The van der Waals surface area contributed by atoms with Crippen molar-refractivity contribution >= 4 is 5.91 Å². The maximum absolute atomic E-state index is 11.7. The number of carbonyl (C=O) groups excluding carboxylic acids is 1. The number of nitrogens with one attached hydrogen (secondary N) is 1. The van der Waals surface area contributed by atoms with Crippen LogP contribution in [0.2, 0.25) is 0 Å². The van der Waals surface area contributed by atoms with Crippen LogP contribution in [0.5, 0.6) is 0 Å². The first-order valence-electron chi connectivity index (χ1n) is 6.60. The summed E-state index contributed by atoms with van der Waals surface area (Å²) in [5.41, 5.74) is 7.08. The van der Waals surface area contributed by atoms with Gasteiger partial charge in [-0.1, -0.05) is 6.07 Å². The quantitative estimate of drug-likeness (QED) is 0.762. The van der Waals surface area contributed by atoms with E-state index in [2.05, 4.69) is 10.3 Å². The van der Waals surface area contributed by atoms with Crippen LogP contribution in [0.25, 0.3) is 0 Å². The summed E-state index contributed by atoms with van der Waals surface area (Å²) in [7, 11) is 0. The molecule has 1 aromatic rings. The number of pyridine rings is 1. The molecule has 1 fully saturated rings. The van der Waals surface area contributed by atoms with Crippen molar-refractivity contribution in [2.45, 2.75) is 32.1 Å². The van der Waals surface area contributed by atoms with E-state index in [9.17, 15) is 4.79 Å². The Morgan fingerprint density at radius 2 is 2.33 bits per heavy atom. The van der Waals surface area contributed by atoms with Crippen molar-refractivity contribution in [3.05, 3.63) is 30.1 Å². The van der Waals surface area contributed by atoms with Gasteiger partial charge < -0.3 is 11.1 Å². The summed E-state index contributed by atoms with van der Waals surface area (Å²) in [6, 6.07) is 3.96. The summed E-state index contributed by atoms with van der Waals surface area (Å²) >= 11 is 0. The van der Waals surface area contributed by atoms with Crippen molar-refractivity contribution in [2.24, 2.45) is 11.1 Å². The van der Waals surface area contributed by atoms with E-state index in [1.165, 1.54) is 5.56 Å². The number of nitrogens with two attached hydrogens (primary N) is 1. The minimum absolute atomic E-state index is 0.138. The van der Waals surface area contributed by atoms with Crippen molar-refractivity contribution in [2.75, 3.05) is 13.1 Å². The van der Waals surface area contributed by atoms with Crippen molar-refractivity contribution < 1.29 is 4.79 Å². The van der Waals surface area contributed by atoms with E-state index in [0.717, 1.165) is 32.2 Å². The van der Waals surface area contributed by atoms with Crippen molar-refractivity contribution in [1.29, 1.82) is 0 Å². The number of carbonyl (C=O) groups is 1. The molecule has 0 aliphatic heterocycles. The van der Waals surface area contributed by atoms with Crippen LogP contribution in [0.3, 0.4) is 0 Å². The molecule has 0 bridgehead atoms. The summed E-state index contributed by atoms with van der Waals surface area (Å²) in [6.07, 6.45) is 8.27. The number of hydrogen-bond donors (Lipinski definition) is 2. The molecule has 1 aliphatic carbocycles. The van der Waals surface area contributed by atoms with Gasteiger partial charge in [0.2, 0.25) is 5.91 Å². The third kappa shape index (κ3) is 3.81. The Labute approximate surface area is 108 Å². The number of aryl methyl sites for hydroxylation is 1. The number of rotatable bonds is 7. The fraction of sp³-hybridized carbons (Fsp3) is 0.571. The van der Waals surface area contributed by atoms with E-state index in [1.807, 2.05) is 18.3 Å². The van der Waals surface area contributed by atoms with Crippen LogP contribution >= 0.6 is 0 Å². The Morgan fingerprint density at radius 1 is 1.50 bits per heavy atom. The molecular weight excluding hydrogens is 226 g/mol.